The third kappa shape index (κ3) is 10.4. The first-order valence-corrected chi connectivity index (χ1v) is 12.2. The van der Waals surface area contributed by atoms with E-state index in [0.717, 1.165) is 0 Å². The molecule has 0 spiro atoms. The third-order valence-electron chi connectivity index (χ3n) is 4.92. The van der Waals surface area contributed by atoms with E-state index in [4.69, 9.17) is 9.47 Å². The Morgan fingerprint density at radius 3 is 2.14 bits per heavy atom. The van der Waals surface area contributed by atoms with Crippen molar-refractivity contribution >= 4 is 23.8 Å². The number of hydrogen-bond acceptors (Lipinski definition) is 9. The SMILES string of the molecule is CC(C)Nc1nc(NCCOCCOCCNC(=O)c2ccccc2)nc(NCc2ccccc2F)n1. The van der Waals surface area contributed by atoms with E-state index in [1.54, 1.807) is 30.3 Å². The summed E-state index contributed by atoms with van der Waals surface area (Å²) in [5.74, 6) is 0.709. The molecule has 37 heavy (non-hydrogen) atoms. The second kappa shape index (κ2) is 15.3. The molecule has 0 radical (unpaired) electrons. The normalized spacial score (nSPS) is 10.8. The lowest BCUT2D eigenvalue weighted by Crippen LogP contribution is -2.27. The molecule has 3 aromatic rings. The number of aromatic nitrogens is 3. The number of hydrogen-bond donors (Lipinski definition) is 4. The maximum absolute atomic E-state index is 13.9. The Hall–Kier alpha value is -3.83. The van der Waals surface area contributed by atoms with E-state index in [1.165, 1.54) is 6.07 Å². The standard InChI is InChI=1S/C26H34FN7O3/c1-19(2)31-26-33-24(32-25(34-26)30-18-21-10-6-7-11-22(21)27)29-13-15-37-17-16-36-14-12-28-23(35)20-8-4-3-5-9-20/h3-11,19H,12-18H2,1-2H3,(H,28,35)(H3,29,30,31,32,33,34). The second-order valence-corrected chi connectivity index (χ2v) is 8.32. The summed E-state index contributed by atoms with van der Waals surface area (Å²) in [7, 11) is 0. The number of benzene rings is 2. The van der Waals surface area contributed by atoms with Gasteiger partial charge in [-0.3, -0.25) is 4.79 Å². The van der Waals surface area contributed by atoms with Crippen molar-refractivity contribution in [1.82, 2.24) is 20.3 Å². The molecular formula is C26H34FN7O3. The molecule has 1 heterocycles. The monoisotopic (exact) mass is 511 g/mol. The highest BCUT2D eigenvalue weighted by atomic mass is 19.1. The van der Waals surface area contributed by atoms with Crippen molar-refractivity contribution in [3.05, 3.63) is 71.5 Å². The highest BCUT2D eigenvalue weighted by Gasteiger charge is 2.09. The van der Waals surface area contributed by atoms with Crippen LogP contribution in [-0.4, -0.2) is 66.4 Å². The van der Waals surface area contributed by atoms with E-state index in [9.17, 15) is 9.18 Å². The topological polar surface area (TPSA) is 122 Å². The van der Waals surface area contributed by atoms with Gasteiger partial charge in [0.1, 0.15) is 5.82 Å². The summed E-state index contributed by atoms with van der Waals surface area (Å²) in [6, 6.07) is 15.7. The molecule has 4 N–H and O–H groups in total. The highest BCUT2D eigenvalue weighted by Crippen LogP contribution is 2.13. The van der Waals surface area contributed by atoms with E-state index in [1.807, 2.05) is 32.0 Å². The van der Waals surface area contributed by atoms with E-state index >= 15 is 0 Å². The molecule has 0 aliphatic carbocycles. The molecule has 0 bridgehead atoms. The molecule has 1 aromatic heterocycles. The molecule has 0 aliphatic rings. The van der Waals surface area contributed by atoms with Crippen LogP contribution in [0.1, 0.15) is 29.8 Å². The summed E-state index contributed by atoms with van der Waals surface area (Å²) >= 11 is 0. The first kappa shape index (κ1) is 27.8. The van der Waals surface area contributed by atoms with Gasteiger partial charge in [-0.05, 0) is 32.0 Å². The number of carbonyl (C=O) groups is 1. The summed E-state index contributed by atoms with van der Waals surface area (Å²) in [5, 5.41) is 12.1. The lowest BCUT2D eigenvalue weighted by atomic mass is 10.2. The van der Waals surface area contributed by atoms with Gasteiger partial charge in [-0.15, -0.1) is 0 Å². The Morgan fingerprint density at radius 1 is 0.811 bits per heavy atom. The van der Waals surface area contributed by atoms with Gasteiger partial charge in [-0.2, -0.15) is 15.0 Å². The van der Waals surface area contributed by atoms with Crippen molar-refractivity contribution in [2.24, 2.45) is 0 Å². The molecule has 0 aliphatic heterocycles. The number of halogens is 1. The largest absolute Gasteiger partial charge is 0.377 e. The van der Waals surface area contributed by atoms with Crippen LogP contribution in [0.15, 0.2) is 54.6 Å². The summed E-state index contributed by atoms with van der Waals surface area (Å²) in [4.78, 5) is 25.0. The number of anilines is 3. The number of nitrogens with one attached hydrogen (secondary N) is 4. The fourth-order valence-electron chi connectivity index (χ4n) is 3.16. The predicted molar refractivity (Wildman–Crippen MR) is 141 cm³/mol. The molecule has 10 nitrogen and oxygen atoms in total. The summed E-state index contributed by atoms with van der Waals surface area (Å²) in [6.45, 7) is 6.77. The fourth-order valence-corrected chi connectivity index (χ4v) is 3.16. The minimum absolute atomic E-state index is 0.123. The van der Waals surface area contributed by atoms with Gasteiger partial charge in [-0.25, -0.2) is 4.39 Å². The fraction of sp³-hybridized carbons (Fsp3) is 0.385. The Bertz CT molecular complexity index is 1100. The maximum atomic E-state index is 13.9. The maximum Gasteiger partial charge on any atom is 0.251 e. The first-order valence-electron chi connectivity index (χ1n) is 12.2. The molecule has 0 fully saturated rings. The van der Waals surface area contributed by atoms with Gasteiger partial charge in [0.2, 0.25) is 17.8 Å². The van der Waals surface area contributed by atoms with Crippen molar-refractivity contribution in [3.8, 4) is 0 Å². The molecule has 11 heteroatoms. The average Bonchev–Trinajstić information content (AvgIpc) is 2.89. The van der Waals surface area contributed by atoms with Crippen LogP contribution in [0.25, 0.3) is 0 Å². The minimum Gasteiger partial charge on any atom is -0.377 e. The average molecular weight is 512 g/mol. The molecule has 0 saturated carbocycles. The van der Waals surface area contributed by atoms with Gasteiger partial charge >= 0.3 is 0 Å². The van der Waals surface area contributed by atoms with E-state index in [-0.39, 0.29) is 24.3 Å². The summed E-state index contributed by atoms with van der Waals surface area (Å²) < 4.78 is 25.0. The smallest absolute Gasteiger partial charge is 0.251 e. The Labute approximate surface area is 216 Å². The number of ether oxygens (including phenoxy) is 2. The summed E-state index contributed by atoms with van der Waals surface area (Å²) in [6.07, 6.45) is 0. The Balaban J connectivity index is 1.33. The zero-order chi connectivity index (χ0) is 26.3. The molecule has 3 rings (SSSR count). The molecule has 0 saturated heterocycles. The van der Waals surface area contributed by atoms with Crippen LogP contribution >= 0.6 is 0 Å². The number of rotatable bonds is 16. The van der Waals surface area contributed by atoms with Gasteiger partial charge in [0, 0.05) is 36.8 Å². The zero-order valence-electron chi connectivity index (χ0n) is 21.2. The van der Waals surface area contributed by atoms with Crippen LogP contribution in [-0.2, 0) is 16.0 Å². The van der Waals surface area contributed by atoms with Crippen LogP contribution in [0.5, 0.6) is 0 Å². The number of carbonyl (C=O) groups excluding carboxylic acids is 1. The van der Waals surface area contributed by atoms with Gasteiger partial charge in [0.25, 0.3) is 5.91 Å². The minimum atomic E-state index is -0.291. The van der Waals surface area contributed by atoms with Gasteiger partial charge in [0.05, 0.1) is 26.4 Å². The summed E-state index contributed by atoms with van der Waals surface area (Å²) in [5.41, 5.74) is 1.14. The van der Waals surface area contributed by atoms with Crippen LogP contribution in [0, 0.1) is 5.82 Å². The van der Waals surface area contributed by atoms with Crippen molar-refractivity contribution in [2.45, 2.75) is 26.4 Å². The quantitative estimate of drug-likeness (QED) is 0.215. The third-order valence-corrected chi connectivity index (χ3v) is 4.92. The van der Waals surface area contributed by atoms with Gasteiger partial charge in [0.15, 0.2) is 0 Å². The van der Waals surface area contributed by atoms with Crippen LogP contribution in [0.2, 0.25) is 0 Å². The molecule has 2 aromatic carbocycles. The van der Waals surface area contributed by atoms with Crippen molar-refractivity contribution in [1.29, 1.82) is 0 Å². The van der Waals surface area contributed by atoms with Gasteiger partial charge in [-0.1, -0.05) is 36.4 Å². The molecule has 198 valence electrons. The van der Waals surface area contributed by atoms with Crippen LogP contribution in [0.3, 0.4) is 0 Å². The van der Waals surface area contributed by atoms with Gasteiger partial charge < -0.3 is 30.7 Å². The van der Waals surface area contributed by atoms with Crippen molar-refractivity contribution in [2.75, 3.05) is 55.5 Å². The molecule has 0 atom stereocenters. The zero-order valence-corrected chi connectivity index (χ0v) is 21.2. The van der Waals surface area contributed by atoms with Crippen molar-refractivity contribution in [3.63, 3.8) is 0 Å². The van der Waals surface area contributed by atoms with E-state index in [0.29, 0.717) is 68.5 Å². The Kier molecular flexibility index (Phi) is 11.5. The molecule has 0 unspecified atom stereocenters. The predicted octanol–water partition coefficient (Wildman–Crippen LogP) is 3.32. The lowest BCUT2D eigenvalue weighted by molar-refractivity contribution is 0.0519. The Morgan fingerprint density at radius 2 is 1.43 bits per heavy atom. The molecular weight excluding hydrogens is 477 g/mol. The molecule has 1 amide bonds. The van der Waals surface area contributed by atoms with Crippen molar-refractivity contribution < 1.29 is 18.7 Å². The first-order chi connectivity index (χ1) is 18.0. The lowest BCUT2D eigenvalue weighted by Gasteiger charge is -2.13. The van der Waals surface area contributed by atoms with E-state index < -0.39 is 0 Å². The van der Waals surface area contributed by atoms with Crippen LogP contribution in [0.4, 0.5) is 22.2 Å². The van der Waals surface area contributed by atoms with E-state index in [2.05, 4.69) is 36.2 Å². The van der Waals surface area contributed by atoms with Crippen LogP contribution < -0.4 is 21.3 Å². The second-order valence-electron chi connectivity index (χ2n) is 8.32. The highest BCUT2D eigenvalue weighted by molar-refractivity contribution is 5.94. The number of nitrogens with zero attached hydrogens (tertiary/aromatic N) is 3. The number of amides is 1.